The minimum Gasteiger partial charge on any atom is -0.492 e. The highest BCUT2D eigenvalue weighted by atomic mass is 32.2. The molecule has 2 N–H and O–H groups in total. The zero-order valence-corrected chi connectivity index (χ0v) is 22.1. The van der Waals surface area contributed by atoms with Crippen LogP contribution >= 0.6 is 0 Å². The molecule has 7 nitrogen and oxygen atoms in total. The lowest BCUT2D eigenvalue weighted by atomic mass is 9.80. The molecular weight excluding hydrogens is 464 g/mol. The largest absolute Gasteiger partial charge is 0.492 e. The van der Waals surface area contributed by atoms with E-state index in [9.17, 15) is 25.9 Å². The van der Waals surface area contributed by atoms with Crippen molar-refractivity contribution in [3.63, 3.8) is 0 Å². The second kappa shape index (κ2) is 9.02. The van der Waals surface area contributed by atoms with Gasteiger partial charge in [-0.15, -0.1) is 0 Å². The summed E-state index contributed by atoms with van der Waals surface area (Å²) in [6, 6.07) is 7.84. The van der Waals surface area contributed by atoms with Gasteiger partial charge in [0.2, 0.25) is 0 Å². The number of ether oxygens (including phenoxy) is 1. The summed E-state index contributed by atoms with van der Waals surface area (Å²) < 4.78 is 72.7. The molecule has 0 spiro atoms. The molecule has 0 bridgehead atoms. The summed E-state index contributed by atoms with van der Waals surface area (Å²) in [5.74, 6) is 0.305. The Bertz CT molecular complexity index is 1250. The molecule has 9 heteroatoms. The zero-order valence-electron chi connectivity index (χ0n) is 20.4. The third kappa shape index (κ3) is 6.56. The van der Waals surface area contributed by atoms with Crippen molar-refractivity contribution in [1.29, 1.82) is 0 Å². The van der Waals surface area contributed by atoms with Gasteiger partial charge >= 0.3 is 0 Å². The smallest absolute Gasteiger partial charge is 0.294 e. The van der Waals surface area contributed by atoms with Crippen LogP contribution in [0.25, 0.3) is 0 Å². The molecule has 0 aliphatic heterocycles. The van der Waals surface area contributed by atoms with E-state index in [1.165, 1.54) is 18.2 Å². The lowest BCUT2D eigenvalue weighted by molar-refractivity contribution is 0.238. The first-order valence-electron chi connectivity index (χ1n) is 10.6. The van der Waals surface area contributed by atoms with Crippen LogP contribution in [0.2, 0.25) is 0 Å². The highest BCUT2D eigenvalue weighted by molar-refractivity contribution is 7.86. The zero-order chi connectivity index (χ0) is 25.6. The molecule has 0 radical (unpaired) electrons. The van der Waals surface area contributed by atoms with E-state index in [1.54, 1.807) is 13.0 Å². The SMILES string of the molecule is Cc1cc(S(=O)(=O)O)c(C(C)C)cc1OCC(C)(C)c1cc(C(C)(C)C)cc(S(=O)(=O)O)c1. The first-order chi connectivity index (χ1) is 14.7. The first kappa shape index (κ1) is 27.3. The van der Waals surface area contributed by atoms with E-state index in [2.05, 4.69) is 0 Å². The Morgan fingerprint density at radius 2 is 1.39 bits per heavy atom. The van der Waals surface area contributed by atoms with Gasteiger partial charge in [-0.1, -0.05) is 54.5 Å². The van der Waals surface area contributed by atoms with E-state index in [1.807, 2.05) is 54.5 Å². The third-order valence-electron chi connectivity index (χ3n) is 5.65. The van der Waals surface area contributed by atoms with Crippen LogP contribution in [0.3, 0.4) is 0 Å². The van der Waals surface area contributed by atoms with E-state index in [4.69, 9.17) is 4.74 Å². The van der Waals surface area contributed by atoms with Gasteiger partial charge in [-0.25, -0.2) is 0 Å². The lowest BCUT2D eigenvalue weighted by Gasteiger charge is -2.29. The predicted molar refractivity (Wildman–Crippen MR) is 129 cm³/mol. The van der Waals surface area contributed by atoms with Crippen molar-refractivity contribution < 1.29 is 30.7 Å². The van der Waals surface area contributed by atoms with Crippen LogP contribution < -0.4 is 4.74 Å². The Balaban J connectivity index is 2.50. The molecule has 0 atom stereocenters. The molecular formula is C24H34O7S2. The van der Waals surface area contributed by atoms with Crippen LogP contribution in [0, 0.1) is 6.92 Å². The van der Waals surface area contributed by atoms with Crippen molar-refractivity contribution in [2.24, 2.45) is 0 Å². The van der Waals surface area contributed by atoms with Gasteiger partial charge < -0.3 is 4.74 Å². The minimum absolute atomic E-state index is 0.141. The third-order valence-corrected chi connectivity index (χ3v) is 7.39. The molecule has 0 aliphatic rings. The Morgan fingerprint density at radius 1 is 0.848 bits per heavy atom. The molecule has 0 aliphatic carbocycles. The van der Waals surface area contributed by atoms with E-state index in [0.717, 1.165) is 5.56 Å². The van der Waals surface area contributed by atoms with Gasteiger partial charge in [-0.3, -0.25) is 9.11 Å². The molecule has 0 amide bonds. The van der Waals surface area contributed by atoms with Crippen LogP contribution in [0.15, 0.2) is 40.1 Å². The van der Waals surface area contributed by atoms with E-state index in [-0.39, 0.29) is 27.7 Å². The van der Waals surface area contributed by atoms with E-state index in [0.29, 0.717) is 22.4 Å². The molecule has 33 heavy (non-hydrogen) atoms. The van der Waals surface area contributed by atoms with Crippen molar-refractivity contribution in [2.75, 3.05) is 6.61 Å². The molecule has 0 saturated carbocycles. The molecule has 0 unspecified atom stereocenters. The van der Waals surface area contributed by atoms with Crippen molar-refractivity contribution in [3.05, 3.63) is 52.6 Å². The standard InChI is InChI=1S/C24H34O7S2/c1-15(2)20-13-21(16(3)9-22(20)33(28,29)30)31-14-24(7,8)18-10-17(23(4,5)6)11-19(12-18)32(25,26)27/h9-13,15H,14H2,1-8H3,(H,25,26,27)(H,28,29,30). The normalized spacial score (nSPS) is 13.4. The summed E-state index contributed by atoms with van der Waals surface area (Å²) in [5, 5.41) is 0. The topological polar surface area (TPSA) is 118 Å². The maximum absolute atomic E-state index is 11.9. The van der Waals surface area contributed by atoms with Gasteiger partial charge in [0.1, 0.15) is 5.75 Å². The van der Waals surface area contributed by atoms with E-state index < -0.39 is 25.7 Å². The molecule has 0 saturated heterocycles. The second-order valence-corrected chi connectivity index (χ2v) is 13.2. The molecule has 0 aromatic heterocycles. The fourth-order valence-corrected chi connectivity index (χ4v) is 4.89. The number of hydrogen-bond donors (Lipinski definition) is 2. The Hall–Kier alpha value is -1.94. The van der Waals surface area contributed by atoms with Crippen molar-refractivity contribution in [1.82, 2.24) is 0 Å². The molecule has 2 aromatic rings. The summed E-state index contributed by atoms with van der Waals surface area (Å²) in [7, 11) is -8.78. The van der Waals surface area contributed by atoms with Gasteiger partial charge in [0.15, 0.2) is 0 Å². The first-order valence-corrected chi connectivity index (χ1v) is 13.5. The van der Waals surface area contributed by atoms with Crippen LogP contribution in [-0.4, -0.2) is 32.5 Å². The number of hydrogen-bond acceptors (Lipinski definition) is 5. The summed E-state index contributed by atoms with van der Waals surface area (Å²) >= 11 is 0. The highest BCUT2D eigenvalue weighted by Gasteiger charge is 2.28. The molecule has 184 valence electrons. The minimum atomic E-state index is -4.40. The van der Waals surface area contributed by atoms with Gasteiger partial charge in [-0.05, 0) is 64.8 Å². The Morgan fingerprint density at radius 3 is 1.85 bits per heavy atom. The average Bonchev–Trinajstić information content (AvgIpc) is 2.64. The lowest BCUT2D eigenvalue weighted by Crippen LogP contribution is -2.28. The number of benzene rings is 2. The van der Waals surface area contributed by atoms with Crippen LogP contribution in [0.4, 0.5) is 0 Å². The Labute approximate surface area is 197 Å². The highest BCUT2D eigenvalue weighted by Crippen LogP contribution is 2.35. The van der Waals surface area contributed by atoms with Crippen molar-refractivity contribution in [2.45, 2.75) is 81.9 Å². The summed E-state index contributed by atoms with van der Waals surface area (Å²) in [6.07, 6.45) is 0. The van der Waals surface area contributed by atoms with E-state index >= 15 is 0 Å². The summed E-state index contributed by atoms with van der Waals surface area (Å²) in [5.41, 5.74) is 1.44. The van der Waals surface area contributed by atoms with Gasteiger partial charge in [0.25, 0.3) is 20.2 Å². The molecule has 0 fully saturated rings. The molecule has 0 heterocycles. The van der Waals surface area contributed by atoms with Gasteiger partial charge in [-0.2, -0.15) is 16.8 Å². The summed E-state index contributed by atoms with van der Waals surface area (Å²) in [4.78, 5) is -0.314. The average molecular weight is 499 g/mol. The van der Waals surface area contributed by atoms with Gasteiger partial charge in [0, 0.05) is 5.41 Å². The van der Waals surface area contributed by atoms with Crippen LogP contribution in [0.1, 0.15) is 76.6 Å². The van der Waals surface area contributed by atoms with Crippen molar-refractivity contribution >= 4 is 20.2 Å². The maximum atomic E-state index is 11.9. The molecule has 2 rings (SSSR count). The predicted octanol–water partition coefficient (Wildman–Crippen LogP) is 5.27. The maximum Gasteiger partial charge on any atom is 0.294 e. The Kier molecular flexibility index (Phi) is 7.46. The summed E-state index contributed by atoms with van der Waals surface area (Å²) in [6.45, 7) is 15.2. The van der Waals surface area contributed by atoms with Crippen LogP contribution in [-0.2, 0) is 31.1 Å². The fraction of sp³-hybridized carbons (Fsp3) is 0.500. The number of aryl methyl sites for hydroxylation is 1. The van der Waals surface area contributed by atoms with Gasteiger partial charge in [0.05, 0.1) is 16.4 Å². The molecule has 2 aromatic carbocycles. The van der Waals surface area contributed by atoms with Crippen LogP contribution in [0.5, 0.6) is 5.75 Å². The quantitative estimate of drug-likeness (QED) is 0.500. The number of rotatable bonds is 7. The fourth-order valence-electron chi connectivity index (χ4n) is 3.42. The second-order valence-electron chi connectivity index (χ2n) is 10.4. The van der Waals surface area contributed by atoms with Crippen molar-refractivity contribution in [3.8, 4) is 5.75 Å². The monoisotopic (exact) mass is 498 g/mol.